The summed E-state index contributed by atoms with van der Waals surface area (Å²) in [6.07, 6.45) is 2.29. The molecule has 3 heterocycles. The number of aliphatic carboxylic acids is 1. The third kappa shape index (κ3) is 8.42. The number of benzene rings is 2. The lowest BCUT2D eigenvalue weighted by atomic mass is 9.90. The summed E-state index contributed by atoms with van der Waals surface area (Å²) < 4.78 is 6.51. The molecule has 0 bridgehead atoms. The molecule has 0 unspecified atom stereocenters. The predicted octanol–water partition coefficient (Wildman–Crippen LogP) is 6.45. The van der Waals surface area contributed by atoms with E-state index in [0.717, 1.165) is 31.2 Å². The number of anilines is 1. The number of halogens is 1. The summed E-state index contributed by atoms with van der Waals surface area (Å²) in [5.74, 6) is -1.23. The minimum absolute atomic E-state index is 0.0683. The van der Waals surface area contributed by atoms with Crippen LogP contribution in [0.4, 0.5) is 5.69 Å². The lowest BCUT2D eigenvalue weighted by molar-refractivity contribution is -0.170. The Labute approximate surface area is 313 Å². The second-order valence-corrected chi connectivity index (χ2v) is 15.3. The summed E-state index contributed by atoms with van der Waals surface area (Å²) in [5.41, 5.74) is 0.362. The third-order valence-electron chi connectivity index (χ3n) is 9.58. The van der Waals surface area contributed by atoms with Gasteiger partial charge in [0.05, 0.1) is 38.2 Å². The van der Waals surface area contributed by atoms with E-state index in [-0.39, 0.29) is 47.8 Å². The number of carbonyl (C=O) groups excluding carboxylic acids is 1. The van der Waals surface area contributed by atoms with Crippen LogP contribution in [0.5, 0.6) is 5.75 Å². The molecule has 1 saturated carbocycles. The van der Waals surface area contributed by atoms with Gasteiger partial charge < -0.3 is 40.6 Å². The molecule has 0 aliphatic heterocycles. The largest absolute Gasteiger partial charge is 0.506 e. The zero-order valence-corrected chi connectivity index (χ0v) is 30.9. The Morgan fingerprint density at radius 1 is 1.04 bits per heavy atom. The van der Waals surface area contributed by atoms with Gasteiger partial charge >= 0.3 is 5.97 Å². The van der Waals surface area contributed by atoms with Crippen molar-refractivity contribution in [1.82, 2.24) is 15.2 Å². The average molecular weight is 765 g/mol. The molecule has 6 rings (SSSR count). The standard InChI is InChI=1S/C38H41ClN4O7S2/c1-43(24-7-9-25(10-8-24)50-38(37(48)49,32-4-2-18-51-32)33-5-3-19-52-33)17-16-35(47)41-29-13-6-23(20-28(29)39)21-40-22-31(45)26-11-14-30(44)36-27(26)12-15-34(46)42-36/h2-6,11-15,18-20,24-25,31,40,44-45H,7-10,16-17,21-22H2,1H3,(H,41,47)(H,42,46)(H,48,49)/t24?,25?,31-/m0/s1. The Morgan fingerprint density at radius 2 is 1.75 bits per heavy atom. The molecular formula is C38H41ClN4O7S2. The first-order valence-corrected chi connectivity index (χ1v) is 19.2. The number of ether oxygens (including phenoxy) is 1. The van der Waals surface area contributed by atoms with Gasteiger partial charge in [0.1, 0.15) is 5.75 Å². The average Bonchev–Trinajstić information content (AvgIpc) is 3.88. The molecule has 5 aromatic rings. The summed E-state index contributed by atoms with van der Waals surface area (Å²) in [7, 11) is 2.01. The molecule has 1 fully saturated rings. The van der Waals surface area contributed by atoms with E-state index in [1.165, 1.54) is 34.8 Å². The maximum absolute atomic E-state index is 12.9. The molecule has 1 amide bonds. The summed E-state index contributed by atoms with van der Waals surface area (Å²) in [6.45, 7) is 1.18. The van der Waals surface area contributed by atoms with Crippen molar-refractivity contribution in [3.05, 3.63) is 114 Å². The Balaban J connectivity index is 0.952. The first kappa shape index (κ1) is 37.7. The van der Waals surface area contributed by atoms with Crippen LogP contribution in [0.25, 0.3) is 10.9 Å². The second kappa shape index (κ2) is 16.7. The minimum Gasteiger partial charge on any atom is -0.506 e. The van der Waals surface area contributed by atoms with Crippen LogP contribution in [0.15, 0.2) is 82.3 Å². The molecule has 0 saturated heterocycles. The molecule has 0 spiro atoms. The van der Waals surface area contributed by atoms with E-state index in [1.807, 2.05) is 48.1 Å². The summed E-state index contributed by atoms with van der Waals surface area (Å²) >= 11 is 9.30. The highest BCUT2D eigenvalue weighted by Gasteiger charge is 2.48. The van der Waals surface area contributed by atoms with Crippen LogP contribution in [0, 0.1) is 0 Å². The number of carboxylic acid groups (broad SMARTS) is 1. The number of aromatic nitrogens is 1. The van der Waals surface area contributed by atoms with Crippen molar-refractivity contribution in [3.63, 3.8) is 0 Å². The molecule has 6 N–H and O–H groups in total. The van der Waals surface area contributed by atoms with Gasteiger partial charge in [-0.2, -0.15) is 0 Å². The molecule has 2 aromatic carbocycles. The van der Waals surface area contributed by atoms with Crippen LogP contribution >= 0.6 is 34.3 Å². The monoisotopic (exact) mass is 764 g/mol. The lowest BCUT2D eigenvalue weighted by Crippen LogP contribution is -2.44. The summed E-state index contributed by atoms with van der Waals surface area (Å²) in [4.78, 5) is 43.5. The highest BCUT2D eigenvalue weighted by Crippen LogP contribution is 2.42. The maximum Gasteiger partial charge on any atom is 0.347 e. The van der Waals surface area contributed by atoms with E-state index < -0.39 is 17.7 Å². The van der Waals surface area contributed by atoms with Crippen LogP contribution in [0.2, 0.25) is 5.02 Å². The van der Waals surface area contributed by atoms with Gasteiger partial charge in [-0.05, 0) is 91.0 Å². The van der Waals surface area contributed by atoms with E-state index in [0.29, 0.717) is 44.5 Å². The number of aliphatic hydroxyl groups excluding tert-OH is 1. The van der Waals surface area contributed by atoms with E-state index in [4.69, 9.17) is 16.3 Å². The number of hydrogen-bond acceptors (Lipinski definition) is 10. The molecule has 274 valence electrons. The lowest BCUT2D eigenvalue weighted by Gasteiger charge is -2.38. The van der Waals surface area contributed by atoms with Gasteiger partial charge in [-0.25, -0.2) is 4.79 Å². The first-order chi connectivity index (χ1) is 25.0. The number of nitrogens with zero attached hydrogens (tertiary/aromatic N) is 1. The van der Waals surface area contributed by atoms with Crippen LogP contribution in [0.1, 0.15) is 59.1 Å². The number of rotatable bonds is 15. The highest BCUT2D eigenvalue weighted by molar-refractivity contribution is 7.12. The fourth-order valence-electron chi connectivity index (χ4n) is 6.77. The van der Waals surface area contributed by atoms with Crippen LogP contribution < -0.4 is 16.2 Å². The fourth-order valence-corrected chi connectivity index (χ4v) is 8.83. The van der Waals surface area contributed by atoms with Crippen LogP contribution in [-0.4, -0.2) is 69.4 Å². The Kier molecular flexibility index (Phi) is 12.1. The van der Waals surface area contributed by atoms with E-state index in [9.17, 15) is 29.7 Å². The number of carboxylic acids is 1. The number of aromatic hydroxyl groups is 1. The molecule has 3 aromatic heterocycles. The number of aliphatic hydroxyl groups is 1. The molecule has 14 heteroatoms. The van der Waals surface area contributed by atoms with E-state index >= 15 is 0 Å². The summed E-state index contributed by atoms with van der Waals surface area (Å²) in [5, 5.41) is 42.2. The number of amides is 1. The van der Waals surface area contributed by atoms with Crippen molar-refractivity contribution < 1.29 is 29.6 Å². The van der Waals surface area contributed by atoms with Gasteiger partial charge in [0, 0.05) is 43.5 Å². The predicted molar refractivity (Wildman–Crippen MR) is 204 cm³/mol. The van der Waals surface area contributed by atoms with Crippen molar-refractivity contribution in [2.24, 2.45) is 0 Å². The Hall–Kier alpha value is -4.08. The van der Waals surface area contributed by atoms with Gasteiger partial charge in [0.25, 0.3) is 0 Å². The SMILES string of the molecule is CN(CCC(=O)Nc1ccc(CNC[C@H](O)c2ccc(O)c3[nH]c(=O)ccc23)cc1Cl)C1CCC(OC(C(=O)O)(c2cccs2)c2cccs2)CC1. The smallest absolute Gasteiger partial charge is 0.347 e. The van der Waals surface area contributed by atoms with Crippen molar-refractivity contribution >= 4 is 62.7 Å². The van der Waals surface area contributed by atoms with E-state index in [2.05, 4.69) is 20.5 Å². The fraction of sp³-hybridized carbons (Fsp3) is 0.342. The molecule has 1 aliphatic rings. The third-order valence-corrected chi connectivity index (χ3v) is 11.8. The number of thiophene rings is 2. The van der Waals surface area contributed by atoms with Gasteiger partial charge in [0.15, 0.2) is 0 Å². The van der Waals surface area contributed by atoms with Gasteiger partial charge in [-0.3, -0.25) is 9.59 Å². The van der Waals surface area contributed by atoms with Crippen molar-refractivity contribution in [2.45, 2.75) is 62.5 Å². The zero-order chi connectivity index (χ0) is 36.8. The van der Waals surface area contributed by atoms with Crippen LogP contribution in [-0.2, 0) is 26.5 Å². The van der Waals surface area contributed by atoms with Crippen molar-refractivity contribution in [1.29, 1.82) is 0 Å². The zero-order valence-electron chi connectivity index (χ0n) is 28.5. The summed E-state index contributed by atoms with van der Waals surface area (Å²) in [6, 6.07) is 19.0. The van der Waals surface area contributed by atoms with Crippen molar-refractivity contribution in [2.75, 3.05) is 25.5 Å². The number of nitrogens with one attached hydrogen (secondary N) is 3. The molecule has 11 nitrogen and oxygen atoms in total. The Morgan fingerprint density at radius 3 is 2.38 bits per heavy atom. The van der Waals surface area contributed by atoms with Crippen LogP contribution in [0.3, 0.4) is 0 Å². The molecule has 1 aliphatic carbocycles. The maximum atomic E-state index is 12.9. The Bertz CT molecular complexity index is 2010. The number of carbonyl (C=O) groups is 2. The topological polar surface area (TPSA) is 164 Å². The number of phenols is 1. The number of fused-ring (bicyclic) bond motifs is 1. The molecular weight excluding hydrogens is 724 g/mol. The van der Waals surface area contributed by atoms with Gasteiger partial charge in [-0.15, -0.1) is 22.7 Å². The van der Waals surface area contributed by atoms with Gasteiger partial charge in [-0.1, -0.05) is 35.9 Å². The highest BCUT2D eigenvalue weighted by atomic mass is 35.5. The number of aromatic amines is 1. The molecule has 0 radical (unpaired) electrons. The quantitative estimate of drug-likeness (QED) is 0.0703. The minimum atomic E-state index is -1.52. The second-order valence-electron chi connectivity index (χ2n) is 13.0. The first-order valence-electron chi connectivity index (χ1n) is 17.1. The number of H-pyrrole nitrogens is 1. The number of phenolic OH excluding ortho intramolecular Hbond substituents is 1. The van der Waals surface area contributed by atoms with Crippen molar-refractivity contribution in [3.8, 4) is 5.75 Å². The molecule has 52 heavy (non-hydrogen) atoms. The molecule has 1 atom stereocenters. The number of pyridine rings is 1. The van der Waals surface area contributed by atoms with E-state index in [1.54, 1.807) is 24.3 Å². The normalized spacial score (nSPS) is 17.0. The number of hydrogen-bond donors (Lipinski definition) is 6. The van der Waals surface area contributed by atoms with Gasteiger partial charge in [0.2, 0.25) is 17.1 Å².